The third-order valence-electron chi connectivity index (χ3n) is 8.25. The van der Waals surface area contributed by atoms with E-state index < -0.39 is 38.6 Å². The van der Waals surface area contributed by atoms with Gasteiger partial charge in [-0.15, -0.1) is 0 Å². The predicted molar refractivity (Wildman–Crippen MR) is 205 cm³/mol. The minimum Gasteiger partial charge on any atom is -0.756 e. The zero-order valence-corrected chi connectivity index (χ0v) is 33.8. The molecule has 0 aliphatic rings. The van der Waals surface area contributed by atoms with Gasteiger partial charge in [-0.2, -0.15) is 0 Å². The zero-order valence-electron chi connectivity index (χ0n) is 32.9. The van der Waals surface area contributed by atoms with Crippen molar-refractivity contribution in [1.82, 2.24) is 0 Å². The smallest absolute Gasteiger partial charge is 0.306 e. The number of rotatable bonds is 35. The van der Waals surface area contributed by atoms with E-state index in [1.165, 1.54) is 51.4 Å². The van der Waals surface area contributed by atoms with E-state index in [0.29, 0.717) is 23.9 Å². The molecular formula is C40H74NO9P. The molecule has 0 spiro atoms. The Morgan fingerprint density at radius 3 is 1.88 bits per heavy atom. The molecule has 0 aromatic rings. The van der Waals surface area contributed by atoms with Gasteiger partial charge in [0.05, 0.1) is 33.9 Å². The van der Waals surface area contributed by atoms with Crippen LogP contribution in [0.4, 0.5) is 0 Å². The maximum atomic E-state index is 12.6. The van der Waals surface area contributed by atoms with E-state index in [9.17, 15) is 24.2 Å². The van der Waals surface area contributed by atoms with Crippen molar-refractivity contribution >= 4 is 19.8 Å². The second-order valence-corrected chi connectivity index (χ2v) is 15.9. The number of esters is 2. The van der Waals surface area contributed by atoms with E-state index >= 15 is 0 Å². The monoisotopic (exact) mass is 744 g/mol. The molecule has 51 heavy (non-hydrogen) atoms. The van der Waals surface area contributed by atoms with Gasteiger partial charge >= 0.3 is 11.9 Å². The second-order valence-electron chi connectivity index (χ2n) is 14.5. The normalized spacial score (nSPS) is 14.7. The van der Waals surface area contributed by atoms with Crippen LogP contribution in [0.1, 0.15) is 149 Å². The van der Waals surface area contributed by atoms with Crippen LogP contribution in [0.5, 0.6) is 0 Å². The Bertz CT molecular complexity index is 993. The Morgan fingerprint density at radius 1 is 0.725 bits per heavy atom. The largest absolute Gasteiger partial charge is 0.756 e. The molecule has 2 unspecified atom stereocenters. The van der Waals surface area contributed by atoms with Crippen LogP contribution in [0.25, 0.3) is 0 Å². The summed E-state index contributed by atoms with van der Waals surface area (Å²) in [5, 5.41) is 9.87. The summed E-state index contributed by atoms with van der Waals surface area (Å²) in [7, 11) is 1.12. The molecule has 0 aromatic heterocycles. The van der Waals surface area contributed by atoms with Crippen LogP contribution < -0.4 is 4.89 Å². The van der Waals surface area contributed by atoms with Gasteiger partial charge < -0.3 is 33.0 Å². The highest BCUT2D eigenvalue weighted by atomic mass is 31.2. The number of phosphoric ester groups is 1. The molecule has 11 heteroatoms. The summed E-state index contributed by atoms with van der Waals surface area (Å²) in [4.78, 5) is 37.3. The van der Waals surface area contributed by atoms with Gasteiger partial charge in [0, 0.05) is 12.8 Å². The van der Waals surface area contributed by atoms with E-state index in [1.54, 1.807) is 6.08 Å². The summed E-state index contributed by atoms with van der Waals surface area (Å²) in [5.74, 6) is -0.890. The molecule has 0 aromatic carbocycles. The second kappa shape index (κ2) is 32.8. The van der Waals surface area contributed by atoms with Crippen molar-refractivity contribution in [3.8, 4) is 0 Å². The molecule has 0 heterocycles. The van der Waals surface area contributed by atoms with Crippen LogP contribution in [0.15, 0.2) is 36.5 Å². The van der Waals surface area contributed by atoms with Crippen LogP contribution in [-0.4, -0.2) is 81.2 Å². The first kappa shape index (κ1) is 49.2. The molecule has 0 fully saturated rings. The van der Waals surface area contributed by atoms with E-state index in [2.05, 4.69) is 19.9 Å². The predicted octanol–water partition coefficient (Wildman–Crippen LogP) is 8.91. The summed E-state index contributed by atoms with van der Waals surface area (Å²) >= 11 is 0. The SMILES string of the molecule is CC/C=C/CC(O)/C=C/C=C/CCCCCCCC(=O)O[C@H](COC(=O)CCCCCCCCCCCCC)COP(=O)([O-])OCC[N+](C)(C)C. The van der Waals surface area contributed by atoms with Gasteiger partial charge in [-0.25, -0.2) is 0 Å². The van der Waals surface area contributed by atoms with Gasteiger partial charge in [-0.3, -0.25) is 14.2 Å². The van der Waals surface area contributed by atoms with Crippen LogP contribution in [0, 0.1) is 0 Å². The molecule has 0 amide bonds. The van der Waals surface area contributed by atoms with Crippen molar-refractivity contribution in [3.05, 3.63) is 36.5 Å². The number of carbonyl (C=O) groups excluding carboxylic acids is 2. The third-order valence-corrected chi connectivity index (χ3v) is 9.22. The number of hydrogen-bond acceptors (Lipinski definition) is 9. The van der Waals surface area contributed by atoms with E-state index in [4.69, 9.17) is 18.5 Å². The number of quaternary nitrogens is 1. The molecule has 0 rings (SSSR count). The lowest BCUT2D eigenvalue weighted by Crippen LogP contribution is -2.37. The summed E-state index contributed by atoms with van der Waals surface area (Å²) in [6, 6.07) is 0. The summed E-state index contributed by atoms with van der Waals surface area (Å²) in [6.07, 6.45) is 30.7. The van der Waals surface area contributed by atoms with Crippen molar-refractivity contribution in [3.63, 3.8) is 0 Å². The minimum atomic E-state index is -4.63. The van der Waals surface area contributed by atoms with Gasteiger partial charge in [0.25, 0.3) is 7.82 Å². The fourth-order valence-electron chi connectivity index (χ4n) is 5.10. The van der Waals surface area contributed by atoms with Crippen molar-refractivity contribution in [1.29, 1.82) is 0 Å². The maximum absolute atomic E-state index is 12.6. The van der Waals surface area contributed by atoms with Gasteiger partial charge in [-0.1, -0.05) is 134 Å². The molecule has 0 saturated heterocycles. The van der Waals surface area contributed by atoms with E-state index in [0.717, 1.165) is 57.8 Å². The lowest BCUT2D eigenvalue weighted by atomic mass is 10.1. The Hall–Kier alpha value is -1.81. The molecule has 1 N–H and O–H groups in total. The number of phosphoric acid groups is 1. The summed E-state index contributed by atoms with van der Waals surface area (Å²) < 4.78 is 33.7. The molecule has 0 aliphatic carbocycles. The highest BCUT2D eigenvalue weighted by Crippen LogP contribution is 2.38. The van der Waals surface area contributed by atoms with Crippen LogP contribution >= 0.6 is 7.82 Å². The van der Waals surface area contributed by atoms with E-state index in [-0.39, 0.29) is 26.1 Å². The van der Waals surface area contributed by atoms with Gasteiger partial charge in [0.15, 0.2) is 6.10 Å². The molecule has 3 atom stereocenters. The summed E-state index contributed by atoms with van der Waals surface area (Å²) in [6.45, 7) is 3.94. The Labute approximate surface area is 311 Å². The fourth-order valence-corrected chi connectivity index (χ4v) is 5.83. The number of hydrogen-bond donors (Lipinski definition) is 1. The van der Waals surface area contributed by atoms with Gasteiger partial charge in [-0.05, 0) is 38.5 Å². The average molecular weight is 744 g/mol. The number of ether oxygens (including phenoxy) is 2. The maximum Gasteiger partial charge on any atom is 0.306 e. The first-order valence-corrected chi connectivity index (χ1v) is 21.3. The number of aliphatic hydroxyl groups excluding tert-OH is 1. The van der Waals surface area contributed by atoms with Gasteiger partial charge in [0.2, 0.25) is 0 Å². The number of carbonyl (C=O) groups is 2. The number of nitrogens with zero attached hydrogens (tertiary/aromatic N) is 1. The highest BCUT2D eigenvalue weighted by molar-refractivity contribution is 7.45. The van der Waals surface area contributed by atoms with Crippen LogP contribution in [0.2, 0.25) is 0 Å². The highest BCUT2D eigenvalue weighted by Gasteiger charge is 2.21. The first-order chi connectivity index (χ1) is 24.4. The molecule has 0 radical (unpaired) electrons. The molecule has 0 saturated carbocycles. The molecular weight excluding hydrogens is 669 g/mol. The van der Waals surface area contributed by atoms with Crippen LogP contribution in [-0.2, 0) is 32.7 Å². The Kier molecular flexibility index (Phi) is 31.6. The van der Waals surface area contributed by atoms with Crippen molar-refractivity contribution in [2.45, 2.75) is 161 Å². The number of likely N-dealkylation sites (N-methyl/N-ethyl adjacent to an activating group) is 1. The zero-order chi connectivity index (χ0) is 38.1. The number of aliphatic hydroxyl groups is 1. The number of allylic oxidation sites excluding steroid dienone is 4. The van der Waals surface area contributed by atoms with Crippen molar-refractivity contribution < 1.29 is 47.2 Å². The lowest BCUT2D eigenvalue weighted by molar-refractivity contribution is -0.870. The average Bonchev–Trinajstić information content (AvgIpc) is 3.06. The first-order valence-electron chi connectivity index (χ1n) is 19.8. The lowest BCUT2D eigenvalue weighted by Gasteiger charge is -2.28. The van der Waals surface area contributed by atoms with Crippen molar-refractivity contribution in [2.75, 3.05) is 47.5 Å². The third kappa shape index (κ3) is 36.3. The Morgan fingerprint density at radius 2 is 1.29 bits per heavy atom. The standard InChI is InChI=1S/C40H74NO9P/c1-6-8-10-11-12-13-14-17-20-23-27-31-39(43)47-35-38(36-49-51(45,46)48-34-33-41(3,4)5)50-40(44)32-28-24-21-18-15-16-19-22-26-30-37(42)29-25-9-7-2/h9,19,22,25-26,30,37-38,42H,6-8,10-18,20-21,23-24,27-29,31-36H2,1-5H3/b22-19+,25-9+,30-26+/t37?,38-/m1/s1. The fraction of sp³-hybridized carbons (Fsp3) is 0.800. The Balaban J connectivity index is 4.49. The summed E-state index contributed by atoms with van der Waals surface area (Å²) in [5.41, 5.74) is 0. The molecule has 0 bridgehead atoms. The van der Waals surface area contributed by atoms with Crippen LogP contribution in [0.3, 0.4) is 0 Å². The van der Waals surface area contributed by atoms with E-state index in [1.807, 2.05) is 45.4 Å². The quantitative estimate of drug-likeness (QED) is 0.0169. The van der Waals surface area contributed by atoms with Crippen molar-refractivity contribution in [2.24, 2.45) is 0 Å². The topological polar surface area (TPSA) is 131 Å². The number of unbranched alkanes of at least 4 members (excludes halogenated alkanes) is 15. The molecule has 0 aliphatic heterocycles. The molecule has 298 valence electrons. The van der Waals surface area contributed by atoms with Gasteiger partial charge in [0.1, 0.15) is 19.8 Å². The molecule has 10 nitrogen and oxygen atoms in total. The minimum absolute atomic E-state index is 0.0443.